The van der Waals surface area contributed by atoms with E-state index in [0.717, 1.165) is 29.9 Å². The quantitative estimate of drug-likeness (QED) is 0.694. The van der Waals surface area contributed by atoms with Crippen molar-refractivity contribution in [1.82, 2.24) is 9.97 Å². The third-order valence-corrected chi connectivity index (χ3v) is 4.61. The van der Waals surface area contributed by atoms with Gasteiger partial charge < -0.3 is 5.32 Å². The zero-order valence-electron chi connectivity index (χ0n) is 12.8. The Kier molecular flexibility index (Phi) is 4.43. The van der Waals surface area contributed by atoms with Crippen LogP contribution in [0.5, 0.6) is 0 Å². The number of anilines is 1. The molecule has 1 atom stereocenters. The fraction of sp³-hybridized carbons (Fsp3) is 0.353. The molecule has 0 spiro atoms. The molecule has 0 saturated carbocycles. The number of carbonyl (C=O) groups excluding carboxylic acids is 1. The Morgan fingerprint density at radius 3 is 2.77 bits per heavy atom. The summed E-state index contributed by atoms with van der Waals surface area (Å²) in [6.07, 6.45) is 1.80. The first kappa shape index (κ1) is 15.0. The summed E-state index contributed by atoms with van der Waals surface area (Å²) in [6.45, 7) is 3.89. The minimum Gasteiger partial charge on any atom is -0.375 e. The van der Waals surface area contributed by atoms with Gasteiger partial charge in [0.15, 0.2) is 10.9 Å². The van der Waals surface area contributed by atoms with Crippen LogP contribution in [0.4, 0.5) is 5.69 Å². The van der Waals surface area contributed by atoms with Gasteiger partial charge in [-0.3, -0.25) is 4.79 Å². The van der Waals surface area contributed by atoms with Crippen molar-refractivity contribution in [1.29, 1.82) is 0 Å². The summed E-state index contributed by atoms with van der Waals surface area (Å²) >= 11 is 1.42. The van der Waals surface area contributed by atoms with Crippen molar-refractivity contribution in [2.45, 2.75) is 37.9 Å². The lowest BCUT2D eigenvalue weighted by Gasteiger charge is -2.25. The Balaban J connectivity index is 1.61. The first-order valence-corrected chi connectivity index (χ1v) is 8.42. The van der Waals surface area contributed by atoms with Crippen molar-refractivity contribution in [2.75, 3.05) is 11.1 Å². The van der Waals surface area contributed by atoms with Crippen LogP contribution in [-0.4, -0.2) is 27.5 Å². The second-order valence-corrected chi connectivity index (χ2v) is 6.52. The highest BCUT2D eigenvalue weighted by atomic mass is 32.2. The molecule has 1 aliphatic heterocycles. The third-order valence-electron chi connectivity index (χ3n) is 3.74. The maximum atomic E-state index is 12.4. The van der Waals surface area contributed by atoms with E-state index in [4.69, 9.17) is 0 Å². The Morgan fingerprint density at radius 2 is 2.00 bits per heavy atom. The molecule has 4 nitrogen and oxygen atoms in total. The summed E-state index contributed by atoms with van der Waals surface area (Å²) in [4.78, 5) is 21.1. The second kappa shape index (κ2) is 6.48. The van der Waals surface area contributed by atoms with Crippen molar-refractivity contribution in [3.05, 3.63) is 47.3 Å². The number of thioether (sulfide) groups is 1. The summed E-state index contributed by atoms with van der Waals surface area (Å²) in [7, 11) is 0. The molecule has 2 aromatic rings. The molecule has 5 heteroatoms. The summed E-state index contributed by atoms with van der Waals surface area (Å²) in [5, 5.41) is 4.03. The topological polar surface area (TPSA) is 54.9 Å². The van der Waals surface area contributed by atoms with Crippen LogP contribution in [0.2, 0.25) is 0 Å². The molecule has 0 unspecified atom stereocenters. The average molecular weight is 313 g/mol. The van der Waals surface area contributed by atoms with E-state index in [2.05, 4.69) is 21.4 Å². The normalized spacial score (nSPS) is 16.7. The van der Waals surface area contributed by atoms with Crippen molar-refractivity contribution in [3.63, 3.8) is 0 Å². The molecule has 1 N–H and O–H groups in total. The molecule has 0 saturated heterocycles. The number of hydrogen-bond acceptors (Lipinski definition) is 5. The van der Waals surface area contributed by atoms with Crippen LogP contribution in [0.25, 0.3) is 0 Å². The maximum absolute atomic E-state index is 12.4. The van der Waals surface area contributed by atoms with Crippen molar-refractivity contribution < 1.29 is 4.79 Å². The van der Waals surface area contributed by atoms with Gasteiger partial charge in [0, 0.05) is 17.1 Å². The standard InChI is InChI=1S/C17H19N3OS/c1-11-9-12(2)19-17(18-11)22-10-16(21)15-8-7-13-5-3-4-6-14(13)20-15/h3-6,9,15,20H,7-8,10H2,1-2H3/t15-/m1/s1. The molecule has 0 aliphatic carbocycles. The number of aromatic nitrogens is 2. The zero-order valence-corrected chi connectivity index (χ0v) is 13.6. The zero-order chi connectivity index (χ0) is 15.5. The van der Waals surface area contributed by atoms with E-state index >= 15 is 0 Å². The van der Waals surface area contributed by atoms with E-state index in [9.17, 15) is 4.79 Å². The summed E-state index contributed by atoms with van der Waals surface area (Å²) in [6, 6.07) is 10.0. The number of nitrogens with one attached hydrogen (secondary N) is 1. The minimum atomic E-state index is -0.103. The number of nitrogens with zero attached hydrogens (tertiary/aromatic N) is 2. The van der Waals surface area contributed by atoms with Crippen molar-refractivity contribution in [3.8, 4) is 0 Å². The number of aryl methyl sites for hydroxylation is 3. The van der Waals surface area contributed by atoms with Gasteiger partial charge in [-0.1, -0.05) is 30.0 Å². The highest BCUT2D eigenvalue weighted by Gasteiger charge is 2.23. The lowest BCUT2D eigenvalue weighted by Crippen LogP contribution is -2.34. The lowest BCUT2D eigenvalue weighted by atomic mass is 9.96. The third kappa shape index (κ3) is 3.47. The highest BCUT2D eigenvalue weighted by molar-refractivity contribution is 7.99. The molecule has 0 fully saturated rings. The molecule has 1 aromatic carbocycles. The van der Waals surface area contributed by atoms with Gasteiger partial charge in [-0.2, -0.15) is 0 Å². The summed E-state index contributed by atoms with van der Waals surface area (Å²) < 4.78 is 0. The number of benzene rings is 1. The molecule has 3 rings (SSSR count). The molecule has 0 bridgehead atoms. The smallest absolute Gasteiger partial charge is 0.188 e. The maximum Gasteiger partial charge on any atom is 0.188 e. The number of rotatable bonds is 4. The number of carbonyl (C=O) groups is 1. The predicted molar refractivity (Wildman–Crippen MR) is 89.4 cm³/mol. The Bertz CT molecular complexity index is 682. The van der Waals surface area contributed by atoms with Gasteiger partial charge in [0.25, 0.3) is 0 Å². The number of Topliss-reactive ketones (excluding diaryl/α,β-unsaturated/α-hetero) is 1. The molecular formula is C17H19N3OS. The van der Waals surface area contributed by atoms with E-state index in [-0.39, 0.29) is 11.8 Å². The fourth-order valence-electron chi connectivity index (χ4n) is 2.67. The van der Waals surface area contributed by atoms with E-state index in [1.807, 2.05) is 38.1 Å². The number of hydrogen-bond donors (Lipinski definition) is 1. The molecule has 0 radical (unpaired) electrons. The van der Waals surface area contributed by atoms with Gasteiger partial charge in [-0.05, 0) is 44.4 Å². The van der Waals surface area contributed by atoms with Crippen LogP contribution in [0, 0.1) is 13.8 Å². The van der Waals surface area contributed by atoms with Crippen LogP contribution in [0.15, 0.2) is 35.5 Å². The molecule has 22 heavy (non-hydrogen) atoms. The second-order valence-electron chi connectivity index (χ2n) is 5.58. The predicted octanol–water partition coefficient (Wildman–Crippen LogP) is 3.18. The monoisotopic (exact) mass is 313 g/mol. The van der Waals surface area contributed by atoms with E-state index in [1.165, 1.54) is 17.3 Å². The minimum absolute atomic E-state index is 0.103. The molecule has 0 amide bonds. The van der Waals surface area contributed by atoms with Gasteiger partial charge in [-0.15, -0.1) is 0 Å². The summed E-state index contributed by atoms with van der Waals surface area (Å²) in [5.41, 5.74) is 4.25. The largest absolute Gasteiger partial charge is 0.375 e. The molecule has 1 aliphatic rings. The SMILES string of the molecule is Cc1cc(C)nc(SCC(=O)[C@H]2CCc3ccccc3N2)n1. The van der Waals surface area contributed by atoms with Gasteiger partial charge in [0.1, 0.15) is 0 Å². The first-order valence-electron chi connectivity index (χ1n) is 7.44. The van der Waals surface area contributed by atoms with Crippen LogP contribution >= 0.6 is 11.8 Å². The number of ketones is 1. The van der Waals surface area contributed by atoms with Gasteiger partial charge in [0.2, 0.25) is 0 Å². The lowest BCUT2D eigenvalue weighted by molar-refractivity contribution is -0.117. The average Bonchev–Trinajstić information content (AvgIpc) is 2.51. The van der Waals surface area contributed by atoms with E-state index in [0.29, 0.717) is 10.9 Å². The van der Waals surface area contributed by atoms with Crippen LogP contribution < -0.4 is 5.32 Å². The molecule has 2 heterocycles. The van der Waals surface area contributed by atoms with Crippen molar-refractivity contribution >= 4 is 23.2 Å². The van der Waals surface area contributed by atoms with E-state index < -0.39 is 0 Å². The highest BCUT2D eigenvalue weighted by Crippen LogP contribution is 2.25. The molecular weight excluding hydrogens is 294 g/mol. The van der Waals surface area contributed by atoms with Gasteiger partial charge >= 0.3 is 0 Å². The summed E-state index contributed by atoms with van der Waals surface area (Å²) in [5.74, 6) is 0.616. The van der Waals surface area contributed by atoms with Crippen LogP contribution in [0.1, 0.15) is 23.4 Å². The van der Waals surface area contributed by atoms with Crippen LogP contribution in [-0.2, 0) is 11.2 Å². The molecule has 114 valence electrons. The number of fused-ring (bicyclic) bond motifs is 1. The number of para-hydroxylation sites is 1. The van der Waals surface area contributed by atoms with Crippen molar-refractivity contribution in [2.24, 2.45) is 0 Å². The Morgan fingerprint density at radius 1 is 1.27 bits per heavy atom. The Labute approximate surface area is 134 Å². The Hall–Kier alpha value is -1.88. The van der Waals surface area contributed by atoms with Crippen LogP contribution in [0.3, 0.4) is 0 Å². The fourth-order valence-corrected chi connectivity index (χ4v) is 3.56. The van der Waals surface area contributed by atoms with Gasteiger partial charge in [0.05, 0.1) is 11.8 Å². The van der Waals surface area contributed by atoms with E-state index in [1.54, 1.807) is 0 Å². The molecule has 1 aromatic heterocycles. The first-order chi connectivity index (χ1) is 10.6. The van der Waals surface area contributed by atoms with Gasteiger partial charge in [-0.25, -0.2) is 9.97 Å².